The highest BCUT2D eigenvalue weighted by Gasteiger charge is 2.37. The first kappa shape index (κ1) is 92.6. The Bertz CT molecular complexity index is 8270. The number of pyridine rings is 5. The number of Topliss-reactive ketones (excluding diaryl/α,β-unsaturated/α-hetero) is 1. The zero-order valence-corrected chi connectivity index (χ0v) is 81.4. The molecule has 0 bridgehead atoms. The van der Waals surface area contributed by atoms with Crippen molar-refractivity contribution >= 4 is 202 Å². The van der Waals surface area contributed by atoms with Crippen molar-refractivity contribution in [3.8, 4) is 0 Å². The number of ketones is 1. The number of H-pyrrole nitrogens is 5. The average Bonchev–Trinajstić information content (AvgIpc) is 1.70. The Kier molecular flexibility index (Phi) is 24.8. The minimum atomic E-state index is -0.421. The van der Waals surface area contributed by atoms with Gasteiger partial charge in [-0.05, 0) is 224 Å². The van der Waals surface area contributed by atoms with Gasteiger partial charge in [0, 0.05) is 95.2 Å². The van der Waals surface area contributed by atoms with Crippen molar-refractivity contribution < 1.29 is 9.18 Å². The summed E-state index contributed by atoms with van der Waals surface area (Å²) >= 11 is 31.6. The Morgan fingerprint density at radius 1 is 0.326 bits per heavy atom. The van der Waals surface area contributed by atoms with Gasteiger partial charge in [0.25, 0.3) is 27.8 Å². The highest BCUT2D eigenvalue weighted by Crippen LogP contribution is 2.45. The molecular weight excluding hydrogens is 1890 g/mol. The molecule has 31 nitrogen and oxygen atoms in total. The van der Waals surface area contributed by atoms with E-state index in [1.807, 2.05) is 155 Å². The Morgan fingerprint density at radius 3 is 0.887 bits per heavy atom. The van der Waals surface area contributed by atoms with E-state index in [1.165, 1.54) is 32.1 Å². The van der Waals surface area contributed by atoms with Crippen LogP contribution in [-0.4, -0.2) is 103 Å². The summed E-state index contributed by atoms with van der Waals surface area (Å²) in [5, 5.41) is 30.4. The van der Waals surface area contributed by atoms with Gasteiger partial charge in [-0.2, -0.15) is 0 Å². The number of aryl methyl sites for hydroxylation is 2. The highest BCUT2D eigenvalue weighted by atomic mass is 35.5. The van der Waals surface area contributed by atoms with Gasteiger partial charge in [-0.25, -0.2) is 54.2 Å². The summed E-state index contributed by atoms with van der Waals surface area (Å²) in [4.78, 5) is 136. The molecule has 0 amide bonds. The molecule has 5 fully saturated rings. The quantitative estimate of drug-likeness (QED) is 0.0299. The number of halogens is 6. The van der Waals surface area contributed by atoms with E-state index in [2.05, 4.69) is 133 Å². The van der Waals surface area contributed by atoms with Crippen molar-refractivity contribution in [1.29, 1.82) is 0 Å². The smallest absolute Gasteiger partial charge is 0.260 e. The molecule has 714 valence electrons. The third kappa shape index (κ3) is 17.9. The molecule has 0 unspecified atom stereocenters. The first-order chi connectivity index (χ1) is 68.2. The number of hydrogen-bond acceptors (Lipinski definition) is 21. The van der Waals surface area contributed by atoms with Crippen molar-refractivity contribution in [3.63, 3.8) is 0 Å². The number of carbonyl (C=O) groups excluding carboxylic acids is 1. The number of nitrogens with zero attached hydrogens (tertiary/aromatic N) is 15. The van der Waals surface area contributed by atoms with E-state index in [1.54, 1.807) is 49.2 Å². The molecule has 0 radical (unpaired) electrons. The fraction of sp³-hybridized carbons (Fsp3) is 0.269. The molecule has 10 N–H and O–H groups in total. The summed E-state index contributed by atoms with van der Waals surface area (Å²) in [6.45, 7) is 15.6. The van der Waals surface area contributed by atoms with Gasteiger partial charge in [0.2, 0.25) is 0 Å². The van der Waals surface area contributed by atoms with Gasteiger partial charge in [0.15, 0.2) is 11.6 Å². The average molecular weight is 1990 g/mol. The maximum Gasteiger partial charge on any atom is 0.260 e. The lowest BCUT2D eigenvalue weighted by Crippen LogP contribution is -2.26. The number of fused-ring (bicyclic) bond motifs is 10. The fourth-order valence-electron chi connectivity index (χ4n) is 19.2. The van der Waals surface area contributed by atoms with E-state index < -0.39 is 5.82 Å². The molecule has 5 aromatic carbocycles. The maximum atomic E-state index is 14.2. The van der Waals surface area contributed by atoms with E-state index in [0.717, 1.165) is 181 Å². The Hall–Kier alpha value is -14.7. The molecule has 0 saturated heterocycles. The number of anilines is 5. The number of aromatic nitrogens is 20. The van der Waals surface area contributed by atoms with Gasteiger partial charge >= 0.3 is 0 Å². The van der Waals surface area contributed by atoms with Crippen LogP contribution in [0.15, 0.2) is 214 Å². The third-order valence-corrected chi connectivity index (χ3v) is 28.4. The Balaban J connectivity index is 0.000000104. The SMILES string of the molecule is CC(=O)c1c[nH]c2ncnc(N[C@@H](C)c3cc4cccc(Cl)c4c(=O)n3C3CC3)c12.C[C@H](Nc1ncnc2[nH]cc(F)c12)c1cc2cccc(Cl)c2c(=O)n1C1CC1.C[C@H](Nc1ncnc2[nH]ccc12)c1cc2cccc(Cl)c2c(=O)n1C1CC1.Cc1c[nH]c2ncnc(N[C@@H](C)c3cc4cccc(Cl)c4c(=O)n3C3CC3)c12.Cc1c[nH]c2ncnc(N[C@@H](C)c3cc4cccc(Cl)c4c(=O)n3C3CC3)c12. The molecule has 15 heterocycles. The number of hydrogen-bond donors (Lipinski definition) is 10. The van der Waals surface area contributed by atoms with Crippen molar-refractivity contribution in [2.75, 3.05) is 26.6 Å². The second-order valence-corrected chi connectivity index (χ2v) is 38.8. The number of rotatable bonds is 21. The lowest BCUT2D eigenvalue weighted by Gasteiger charge is -2.21. The number of aromatic amines is 5. The molecule has 25 rings (SSSR count). The van der Waals surface area contributed by atoms with Crippen LogP contribution in [0.25, 0.3) is 109 Å². The van der Waals surface area contributed by atoms with Crippen LogP contribution in [0, 0.1) is 19.7 Å². The maximum absolute atomic E-state index is 14.2. The van der Waals surface area contributed by atoms with Crippen molar-refractivity contribution in [1.82, 2.24) is 97.6 Å². The Morgan fingerprint density at radius 2 is 0.582 bits per heavy atom. The van der Waals surface area contributed by atoms with E-state index >= 15 is 0 Å². The molecule has 20 aromatic rings. The van der Waals surface area contributed by atoms with E-state index in [4.69, 9.17) is 58.0 Å². The van der Waals surface area contributed by atoms with Gasteiger partial charge in [0.1, 0.15) is 89.0 Å². The molecule has 141 heavy (non-hydrogen) atoms. The molecule has 15 aromatic heterocycles. The van der Waals surface area contributed by atoms with Crippen LogP contribution >= 0.6 is 58.0 Å². The summed E-state index contributed by atoms with van der Waals surface area (Å²) in [7, 11) is 0. The predicted molar refractivity (Wildman–Crippen MR) is 557 cm³/mol. The van der Waals surface area contributed by atoms with Gasteiger partial charge in [-0.15, -0.1) is 0 Å². The van der Waals surface area contributed by atoms with Gasteiger partial charge in [0.05, 0.1) is 109 Å². The molecule has 5 atom stereocenters. The lowest BCUT2D eigenvalue weighted by molar-refractivity contribution is 0.101. The molecule has 5 aliphatic rings. The standard InChI is InChI=1S/C22H20ClN5O2.2C21H20ClN5O.C20H17ClFN5O.C20H18ClN5O/c1-11(27-21-19-15(12(2)29)9-24-20(19)25-10-26-21)17-8-13-4-3-5-16(23)18(13)22(30)28(17)14-6-7-14;2*1-11-9-23-19-17(11)20(25-10-24-19)26-12(2)16-8-13-4-3-5-15(22)18(13)21(28)27(16)14-6-7-14;1-10(26-19-17-14(22)8-23-18(17)24-9-25-19)15-7-11-3-2-4-13(21)16(11)20(28)27(15)12-5-6-12;1-11(25-19-14-7-8-22-18(14)23-10-24-19)16-9-12-3-2-4-15(21)17(12)20(27)26(16)13-5-6-13/h3-5,8-11,14H,6-7H2,1-2H3,(H2,24,25,26,27);2*3-5,8-10,12,14H,6-7H2,1-2H3,(H2,23,24,25,26);2-4,7-10,12H,5-6H2,1H3,(H2,23,24,25,26);2-4,7-11,13H,5-6H2,1H3,(H2,22,23,24,25)/t11-;2*12-;10-;11-/m00000/s1. The summed E-state index contributed by atoms with van der Waals surface area (Å²) in [5.41, 5.74) is 10.4. The zero-order chi connectivity index (χ0) is 97.8. The first-order valence-electron chi connectivity index (χ1n) is 46.9. The van der Waals surface area contributed by atoms with Crippen LogP contribution in [0.3, 0.4) is 0 Å². The third-order valence-electron chi connectivity index (χ3n) is 26.8. The van der Waals surface area contributed by atoms with Crippen molar-refractivity contribution in [2.24, 2.45) is 0 Å². The zero-order valence-electron chi connectivity index (χ0n) is 77.7. The summed E-state index contributed by atoms with van der Waals surface area (Å²) < 4.78 is 23.6. The minimum Gasteiger partial charge on any atom is -0.361 e. The normalized spacial score (nSPS) is 15.2. The summed E-state index contributed by atoms with van der Waals surface area (Å²) in [5.74, 6) is 2.72. The second kappa shape index (κ2) is 37.8. The van der Waals surface area contributed by atoms with Gasteiger partial charge in [-0.1, -0.05) is 119 Å². The van der Waals surface area contributed by atoms with Crippen molar-refractivity contribution in [2.45, 2.75) is 180 Å². The van der Waals surface area contributed by atoms with E-state index in [9.17, 15) is 33.2 Å². The molecule has 0 spiro atoms. The van der Waals surface area contributed by atoms with Crippen LogP contribution in [0.4, 0.5) is 33.5 Å². The van der Waals surface area contributed by atoms with Crippen LogP contribution < -0.4 is 54.4 Å². The molecular formula is C104H95Cl5FN25O6. The van der Waals surface area contributed by atoms with Gasteiger partial charge < -0.3 is 74.3 Å². The molecule has 5 aliphatic carbocycles. The molecule has 5 saturated carbocycles. The van der Waals surface area contributed by atoms with Crippen LogP contribution in [-0.2, 0) is 0 Å². The van der Waals surface area contributed by atoms with E-state index in [-0.39, 0.29) is 94.0 Å². The Labute approximate surface area is 827 Å². The number of carbonyl (C=O) groups is 1. The first-order valence-corrected chi connectivity index (χ1v) is 48.8. The monoisotopic (exact) mass is 1980 g/mol. The van der Waals surface area contributed by atoms with Crippen LogP contribution in [0.2, 0.25) is 25.1 Å². The van der Waals surface area contributed by atoms with Crippen LogP contribution in [0.5, 0.6) is 0 Å². The van der Waals surface area contributed by atoms with Crippen LogP contribution in [0.1, 0.15) is 216 Å². The highest BCUT2D eigenvalue weighted by molar-refractivity contribution is 6.37. The summed E-state index contributed by atoms with van der Waals surface area (Å²) in [6.07, 6.45) is 26.0. The van der Waals surface area contributed by atoms with Crippen molar-refractivity contribution in [3.05, 3.63) is 318 Å². The van der Waals surface area contributed by atoms with Gasteiger partial charge in [-0.3, -0.25) is 28.8 Å². The topological polar surface area (TPSA) is 395 Å². The summed E-state index contributed by atoms with van der Waals surface area (Å²) in [6, 6.07) is 40.1. The minimum absolute atomic E-state index is 0.0140. The second-order valence-electron chi connectivity index (χ2n) is 36.8. The lowest BCUT2D eigenvalue weighted by atomic mass is 10.1. The molecule has 37 heteroatoms. The fourth-order valence-corrected chi connectivity index (χ4v) is 20.5. The number of benzene rings is 5. The predicted octanol–water partition coefficient (Wildman–Crippen LogP) is 23.1. The number of nitrogens with one attached hydrogen (secondary N) is 10. The molecule has 0 aliphatic heterocycles. The van der Waals surface area contributed by atoms with E-state index in [0.29, 0.717) is 91.3 Å². The largest absolute Gasteiger partial charge is 0.361 e.